The van der Waals surface area contributed by atoms with E-state index >= 15 is 0 Å². The van der Waals surface area contributed by atoms with Gasteiger partial charge in [0.05, 0.1) is 18.0 Å². The van der Waals surface area contributed by atoms with Crippen molar-refractivity contribution in [3.8, 4) is 11.1 Å². The summed E-state index contributed by atoms with van der Waals surface area (Å²) in [5.74, 6) is 1.17. The maximum absolute atomic E-state index is 13.0. The quantitative estimate of drug-likeness (QED) is 0.293. The summed E-state index contributed by atoms with van der Waals surface area (Å²) in [5, 5.41) is 14.0. The largest absolute Gasteiger partial charge is 0.391 e. The molecule has 0 saturated carbocycles. The number of hydrogen-bond acceptors (Lipinski definition) is 5. The number of H-pyrrole nitrogens is 1. The van der Waals surface area contributed by atoms with Crippen LogP contribution in [0.3, 0.4) is 0 Å². The molecule has 34 heavy (non-hydrogen) atoms. The number of nitrogens with one attached hydrogen (secondary N) is 1. The Morgan fingerprint density at radius 3 is 2.56 bits per heavy atom. The van der Waals surface area contributed by atoms with Gasteiger partial charge in [-0.25, -0.2) is 4.98 Å². The zero-order valence-electron chi connectivity index (χ0n) is 19.5. The molecular weight excluding hydrogens is 466 g/mol. The number of rotatable bonds is 10. The van der Waals surface area contributed by atoms with Crippen LogP contribution >= 0.6 is 22.9 Å². The zero-order valence-corrected chi connectivity index (χ0v) is 21.1. The summed E-state index contributed by atoms with van der Waals surface area (Å²) < 4.78 is 0. The lowest BCUT2D eigenvalue weighted by atomic mass is 10.1. The molecular formula is C27H30ClN3O2S. The molecule has 5 nitrogen and oxygen atoms in total. The molecule has 1 unspecified atom stereocenters. The fraction of sp³-hybridized carbons (Fsp3) is 0.333. The summed E-state index contributed by atoms with van der Waals surface area (Å²) in [6, 6.07) is 17.5. The summed E-state index contributed by atoms with van der Waals surface area (Å²) in [6.45, 7) is 6.21. The highest BCUT2D eigenvalue weighted by atomic mass is 35.5. The fourth-order valence-corrected chi connectivity index (χ4v) is 5.14. The van der Waals surface area contributed by atoms with E-state index in [0.29, 0.717) is 41.7 Å². The molecule has 2 N–H and O–H groups in total. The molecule has 0 spiro atoms. The SMILES string of the molecule is CC(C)CCN(Cc1nc2scc(-c3ccc(Cl)cc3)c2c(=O)[nH]1)CC(O)Cc1ccccc1. The van der Waals surface area contributed by atoms with E-state index < -0.39 is 6.10 Å². The Morgan fingerprint density at radius 2 is 1.85 bits per heavy atom. The van der Waals surface area contributed by atoms with Gasteiger partial charge in [-0.15, -0.1) is 11.3 Å². The first kappa shape index (κ1) is 24.6. The van der Waals surface area contributed by atoms with Crippen molar-refractivity contribution in [3.05, 3.63) is 86.7 Å². The first-order chi connectivity index (χ1) is 16.4. The summed E-state index contributed by atoms with van der Waals surface area (Å²) in [5.41, 5.74) is 2.78. The van der Waals surface area contributed by atoms with Crippen molar-refractivity contribution in [3.63, 3.8) is 0 Å². The van der Waals surface area contributed by atoms with E-state index in [4.69, 9.17) is 16.6 Å². The normalized spacial score (nSPS) is 12.6. The van der Waals surface area contributed by atoms with E-state index in [9.17, 15) is 9.90 Å². The maximum Gasteiger partial charge on any atom is 0.260 e. The van der Waals surface area contributed by atoms with Crippen LogP contribution in [0.5, 0.6) is 0 Å². The molecule has 0 aliphatic heterocycles. The van der Waals surface area contributed by atoms with Crippen molar-refractivity contribution >= 4 is 33.2 Å². The van der Waals surface area contributed by atoms with Gasteiger partial charge < -0.3 is 10.1 Å². The van der Waals surface area contributed by atoms with Crippen LogP contribution in [0.25, 0.3) is 21.3 Å². The Morgan fingerprint density at radius 1 is 1.12 bits per heavy atom. The van der Waals surface area contributed by atoms with Gasteiger partial charge in [-0.3, -0.25) is 9.69 Å². The molecule has 0 bridgehead atoms. The predicted molar refractivity (Wildman–Crippen MR) is 142 cm³/mol. The number of aliphatic hydroxyl groups excluding tert-OH is 1. The number of aliphatic hydroxyl groups is 1. The van der Waals surface area contributed by atoms with Crippen molar-refractivity contribution in [1.29, 1.82) is 0 Å². The zero-order chi connectivity index (χ0) is 24.1. The topological polar surface area (TPSA) is 69.2 Å². The third kappa shape index (κ3) is 6.33. The van der Waals surface area contributed by atoms with Crippen molar-refractivity contribution in [2.24, 2.45) is 5.92 Å². The summed E-state index contributed by atoms with van der Waals surface area (Å²) >= 11 is 7.49. The van der Waals surface area contributed by atoms with E-state index in [1.54, 1.807) is 0 Å². The minimum Gasteiger partial charge on any atom is -0.391 e. The van der Waals surface area contributed by atoms with Crippen molar-refractivity contribution in [2.45, 2.75) is 39.3 Å². The smallest absolute Gasteiger partial charge is 0.260 e. The van der Waals surface area contributed by atoms with Crippen LogP contribution in [-0.4, -0.2) is 39.2 Å². The number of halogens is 1. The molecule has 4 aromatic rings. The molecule has 7 heteroatoms. The van der Waals surface area contributed by atoms with Gasteiger partial charge in [0.2, 0.25) is 0 Å². The minimum absolute atomic E-state index is 0.139. The molecule has 4 rings (SSSR count). The Hall–Kier alpha value is -2.51. The van der Waals surface area contributed by atoms with E-state index in [-0.39, 0.29) is 5.56 Å². The van der Waals surface area contributed by atoms with E-state index in [1.165, 1.54) is 11.3 Å². The highest BCUT2D eigenvalue weighted by Gasteiger charge is 2.17. The number of fused-ring (bicyclic) bond motifs is 1. The molecule has 0 fully saturated rings. The number of aromatic nitrogens is 2. The highest BCUT2D eigenvalue weighted by Crippen LogP contribution is 2.31. The number of thiophene rings is 1. The first-order valence-electron chi connectivity index (χ1n) is 11.6. The van der Waals surface area contributed by atoms with Gasteiger partial charge in [-0.05, 0) is 48.6 Å². The molecule has 1 atom stereocenters. The Labute approximate surface area is 209 Å². The molecule has 0 radical (unpaired) electrons. The van der Waals surface area contributed by atoms with E-state index in [0.717, 1.165) is 34.5 Å². The fourth-order valence-electron chi connectivity index (χ4n) is 4.05. The number of aromatic amines is 1. The first-order valence-corrected chi connectivity index (χ1v) is 12.9. The number of nitrogens with zero attached hydrogens (tertiary/aromatic N) is 2. The molecule has 2 aromatic heterocycles. The third-order valence-corrected chi connectivity index (χ3v) is 6.95. The number of benzene rings is 2. The average Bonchev–Trinajstić information content (AvgIpc) is 3.23. The van der Waals surface area contributed by atoms with Gasteiger partial charge in [-0.2, -0.15) is 0 Å². The van der Waals surface area contributed by atoms with Crippen LogP contribution in [0.1, 0.15) is 31.7 Å². The van der Waals surface area contributed by atoms with Crippen molar-refractivity contribution < 1.29 is 5.11 Å². The van der Waals surface area contributed by atoms with E-state index in [1.807, 2.05) is 60.0 Å². The molecule has 2 aromatic carbocycles. The lowest BCUT2D eigenvalue weighted by molar-refractivity contribution is 0.104. The predicted octanol–water partition coefficient (Wildman–Crippen LogP) is 5.76. The second-order valence-corrected chi connectivity index (χ2v) is 10.4. The van der Waals surface area contributed by atoms with Crippen LogP contribution in [0, 0.1) is 5.92 Å². The second kappa shape index (κ2) is 11.3. The van der Waals surface area contributed by atoms with Crippen LogP contribution in [0.15, 0.2) is 64.8 Å². The Bertz CT molecular complexity index is 1270. The highest BCUT2D eigenvalue weighted by molar-refractivity contribution is 7.17. The molecule has 0 saturated heterocycles. The summed E-state index contributed by atoms with van der Waals surface area (Å²) in [7, 11) is 0. The minimum atomic E-state index is -0.497. The Balaban J connectivity index is 1.54. The summed E-state index contributed by atoms with van der Waals surface area (Å²) in [4.78, 5) is 23.7. The second-order valence-electron chi connectivity index (χ2n) is 9.11. The summed E-state index contributed by atoms with van der Waals surface area (Å²) in [6.07, 6.45) is 1.10. The third-order valence-electron chi connectivity index (χ3n) is 5.83. The standard InChI is InChI=1S/C27H30ClN3O2S/c1-18(2)12-13-31(15-22(32)14-19-6-4-3-5-7-19)16-24-29-26(33)25-23(17-34-27(25)30-24)20-8-10-21(28)11-9-20/h3-11,17-18,22,32H,12-16H2,1-2H3,(H,29,30,33). The van der Waals surface area contributed by atoms with Gasteiger partial charge in [0.15, 0.2) is 0 Å². The van der Waals surface area contributed by atoms with Crippen molar-refractivity contribution in [2.75, 3.05) is 13.1 Å². The molecule has 0 aliphatic carbocycles. The van der Waals surface area contributed by atoms with Crippen molar-refractivity contribution in [1.82, 2.24) is 14.9 Å². The molecule has 178 valence electrons. The van der Waals surface area contributed by atoms with Gasteiger partial charge in [-0.1, -0.05) is 67.9 Å². The lowest BCUT2D eigenvalue weighted by Gasteiger charge is -2.25. The maximum atomic E-state index is 13.0. The van der Waals surface area contributed by atoms with Gasteiger partial charge >= 0.3 is 0 Å². The van der Waals surface area contributed by atoms with Gasteiger partial charge in [0, 0.05) is 22.5 Å². The number of hydrogen-bond donors (Lipinski definition) is 2. The van der Waals surface area contributed by atoms with Crippen LogP contribution in [-0.2, 0) is 13.0 Å². The van der Waals surface area contributed by atoms with Gasteiger partial charge in [0.1, 0.15) is 10.7 Å². The van der Waals surface area contributed by atoms with Gasteiger partial charge in [0.25, 0.3) is 5.56 Å². The molecule has 2 heterocycles. The van der Waals surface area contributed by atoms with E-state index in [2.05, 4.69) is 23.7 Å². The van der Waals surface area contributed by atoms with Crippen LogP contribution in [0.4, 0.5) is 0 Å². The monoisotopic (exact) mass is 495 g/mol. The molecule has 0 aliphatic rings. The lowest BCUT2D eigenvalue weighted by Crippen LogP contribution is -2.35. The van der Waals surface area contributed by atoms with Crippen LogP contribution < -0.4 is 5.56 Å². The average molecular weight is 496 g/mol. The Kier molecular flexibility index (Phi) is 8.16. The molecule has 0 amide bonds. The van der Waals surface area contributed by atoms with Crippen LogP contribution in [0.2, 0.25) is 5.02 Å².